The van der Waals surface area contributed by atoms with E-state index in [1.807, 2.05) is 25.3 Å². The molecule has 0 amide bonds. The Morgan fingerprint density at radius 3 is 3.15 bits per heavy atom. The molecule has 70 valence electrons. The zero-order valence-corrected chi connectivity index (χ0v) is 7.83. The minimum absolute atomic E-state index is 0.725. The summed E-state index contributed by atoms with van der Waals surface area (Å²) < 4.78 is 0. The number of hydrogen-bond acceptors (Lipinski definition) is 3. The van der Waals surface area contributed by atoms with Crippen molar-refractivity contribution in [3.63, 3.8) is 0 Å². The number of nitrogens with zero attached hydrogens (tertiary/aromatic N) is 1. The van der Waals surface area contributed by atoms with Crippen molar-refractivity contribution in [1.29, 1.82) is 0 Å². The van der Waals surface area contributed by atoms with E-state index < -0.39 is 0 Å². The second kappa shape index (κ2) is 5.32. The van der Waals surface area contributed by atoms with Crippen LogP contribution in [0.1, 0.15) is 12.1 Å². The summed E-state index contributed by atoms with van der Waals surface area (Å²) in [5, 5.41) is 3.07. The molecular formula is C10H15N3. The molecule has 0 atom stereocenters. The zero-order valence-electron chi connectivity index (χ0n) is 7.83. The van der Waals surface area contributed by atoms with Crippen LogP contribution in [0.4, 0.5) is 5.69 Å². The lowest BCUT2D eigenvalue weighted by Crippen LogP contribution is -2.05. The molecule has 0 aliphatic heterocycles. The SMILES string of the molecule is CNCCC=Cc1ncccc1N. The Balaban J connectivity index is 2.53. The number of rotatable bonds is 4. The quantitative estimate of drug-likeness (QED) is 0.681. The van der Waals surface area contributed by atoms with Gasteiger partial charge in [-0.25, -0.2) is 0 Å². The molecule has 1 heterocycles. The Kier molecular flexibility index (Phi) is 3.99. The average Bonchev–Trinajstić information content (AvgIpc) is 2.15. The largest absolute Gasteiger partial charge is 0.397 e. The Morgan fingerprint density at radius 1 is 1.62 bits per heavy atom. The fraction of sp³-hybridized carbons (Fsp3) is 0.300. The fourth-order valence-electron chi connectivity index (χ4n) is 0.992. The highest BCUT2D eigenvalue weighted by Crippen LogP contribution is 2.08. The predicted molar refractivity (Wildman–Crippen MR) is 56.2 cm³/mol. The van der Waals surface area contributed by atoms with Gasteiger partial charge in [-0.1, -0.05) is 6.08 Å². The summed E-state index contributed by atoms with van der Waals surface area (Å²) >= 11 is 0. The molecule has 3 heteroatoms. The van der Waals surface area contributed by atoms with Crippen LogP contribution in [0.2, 0.25) is 0 Å². The van der Waals surface area contributed by atoms with Gasteiger partial charge < -0.3 is 11.1 Å². The van der Waals surface area contributed by atoms with Crippen molar-refractivity contribution in [2.24, 2.45) is 0 Å². The molecule has 0 spiro atoms. The van der Waals surface area contributed by atoms with E-state index in [1.54, 1.807) is 6.20 Å². The number of nitrogens with two attached hydrogens (primary N) is 1. The number of nitrogens with one attached hydrogen (secondary N) is 1. The second-order valence-electron chi connectivity index (χ2n) is 2.77. The van der Waals surface area contributed by atoms with Crippen LogP contribution in [0.5, 0.6) is 0 Å². The molecule has 1 rings (SSSR count). The van der Waals surface area contributed by atoms with E-state index in [0.717, 1.165) is 24.3 Å². The third kappa shape index (κ3) is 3.25. The van der Waals surface area contributed by atoms with Crippen LogP contribution in [0, 0.1) is 0 Å². The Morgan fingerprint density at radius 2 is 2.46 bits per heavy atom. The van der Waals surface area contributed by atoms with Gasteiger partial charge in [0.2, 0.25) is 0 Å². The molecule has 0 aliphatic carbocycles. The minimum atomic E-state index is 0.725. The molecule has 0 radical (unpaired) electrons. The third-order valence-corrected chi connectivity index (χ3v) is 1.71. The topological polar surface area (TPSA) is 50.9 Å². The Bertz CT molecular complexity index is 281. The van der Waals surface area contributed by atoms with Gasteiger partial charge in [-0.05, 0) is 38.2 Å². The Labute approximate surface area is 78.7 Å². The molecule has 0 fully saturated rings. The summed E-state index contributed by atoms with van der Waals surface area (Å²) in [4.78, 5) is 4.14. The number of pyridine rings is 1. The lowest BCUT2D eigenvalue weighted by Gasteiger charge is -1.97. The Hall–Kier alpha value is -1.35. The molecule has 0 saturated heterocycles. The monoisotopic (exact) mass is 177 g/mol. The van der Waals surface area contributed by atoms with Crippen LogP contribution in [-0.4, -0.2) is 18.6 Å². The first-order chi connectivity index (χ1) is 6.34. The van der Waals surface area contributed by atoms with E-state index in [9.17, 15) is 0 Å². The average molecular weight is 177 g/mol. The summed E-state index contributed by atoms with van der Waals surface area (Å²) in [6, 6.07) is 3.69. The van der Waals surface area contributed by atoms with E-state index in [0.29, 0.717) is 0 Å². The molecule has 1 aromatic heterocycles. The highest BCUT2D eigenvalue weighted by molar-refractivity contribution is 5.59. The molecule has 0 saturated carbocycles. The van der Waals surface area contributed by atoms with Crippen molar-refractivity contribution < 1.29 is 0 Å². The maximum Gasteiger partial charge on any atom is 0.0855 e. The molecule has 3 N–H and O–H groups in total. The summed E-state index contributed by atoms with van der Waals surface area (Å²) in [5.74, 6) is 0. The van der Waals surface area contributed by atoms with Crippen LogP contribution in [0.15, 0.2) is 24.4 Å². The van der Waals surface area contributed by atoms with Crippen molar-refractivity contribution in [2.75, 3.05) is 19.3 Å². The fourth-order valence-corrected chi connectivity index (χ4v) is 0.992. The van der Waals surface area contributed by atoms with Gasteiger partial charge in [-0.15, -0.1) is 0 Å². The van der Waals surface area contributed by atoms with Gasteiger partial charge in [0.05, 0.1) is 11.4 Å². The van der Waals surface area contributed by atoms with Gasteiger partial charge in [0, 0.05) is 6.20 Å². The van der Waals surface area contributed by atoms with Crippen LogP contribution < -0.4 is 11.1 Å². The van der Waals surface area contributed by atoms with Gasteiger partial charge in [0.15, 0.2) is 0 Å². The molecule has 0 bridgehead atoms. The van der Waals surface area contributed by atoms with Gasteiger partial charge >= 0.3 is 0 Å². The molecule has 13 heavy (non-hydrogen) atoms. The van der Waals surface area contributed by atoms with Crippen molar-refractivity contribution in [3.05, 3.63) is 30.1 Å². The van der Waals surface area contributed by atoms with E-state index in [-0.39, 0.29) is 0 Å². The van der Waals surface area contributed by atoms with Crippen LogP contribution >= 0.6 is 0 Å². The number of anilines is 1. The van der Waals surface area contributed by atoms with Crippen molar-refractivity contribution in [2.45, 2.75) is 6.42 Å². The van der Waals surface area contributed by atoms with Crippen molar-refractivity contribution in [3.8, 4) is 0 Å². The predicted octanol–water partition coefficient (Wildman–Crippen LogP) is 1.29. The first-order valence-electron chi connectivity index (χ1n) is 4.36. The summed E-state index contributed by atoms with van der Waals surface area (Å²) in [5.41, 5.74) is 7.28. The highest BCUT2D eigenvalue weighted by atomic mass is 14.8. The highest BCUT2D eigenvalue weighted by Gasteiger charge is 1.91. The van der Waals surface area contributed by atoms with Crippen LogP contribution in [0.3, 0.4) is 0 Å². The number of nitrogen functional groups attached to an aromatic ring is 1. The lowest BCUT2D eigenvalue weighted by atomic mass is 10.2. The summed E-state index contributed by atoms with van der Waals surface area (Å²) in [6.45, 7) is 0.975. The molecule has 0 aliphatic rings. The lowest BCUT2D eigenvalue weighted by molar-refractivity contribution is 0.809. The third-order valence-electron chi connectivity index (χ3n) is 1.71. The minimum Gasteiger partial charge on any atom is -0.397 e. The molecule has 0 unspecified atom stereocenters. The standard InChI is InChI=1S/C10H15N3/c1-12-7-3-2-6-10-9(11)5-4-8-13-10/h2,4-6,8,12H,3,7,11H2,1H3. The zero-order chi connectivity index (χ0) is 9.52. The van der Waals surface area contributed by atoms with E-state index in [4.69, 9.17) is 5.73 Å². The van der Waals surface area contributed by atoms with E-state index in [1.165, 1.54) is 0 Å². The molecule has 1 aromatic rings. The van der Waals surface area contributed by atoms with E-state index in [2.05, 4.69) is 16.4 Å². The maximum atomic E-state index is 5.71. The molecular weight excluding hydrogens is 162 g/mol. The first-order valence-corrected chi connectivity index (χ1v) is 4.36. The van der Waals surface area contributed by atoms with Crippen LogP contribution in [-0.2, 0) is 0 Å². The maximum absolute atomic E-state index is 5.71. The normalized spacial score (nSPS) is 10.8. The number of hydrogen-bond donors (Lipinski definition) is 2. The van der Waals surface area contributed by atoms with E-state index >= 15 is 0 Å². The van der Waals surface area contributed by atoms with Gasteiger partial charge in [0.1, 0.15) is 0 Å². The van der Waals surface area contributed by atoms with Gasteiger partial charge in [0.25, 0.3) is 0 Å². The van der Waals surface area contributed by atoms with Crippen molar-refractivity contribution in [1.82, 2.24) is 10.3 Å². The number of aromatic nitrogens is 1. The molecule has 3 nitrogen and oxygen atoms in total. The van der Waals surface area contributed by atoms with Crippen LogP contribution in [0.25, 0.3) is 6.08 Å². The van der Waals surface area contributed by atoms with Crippen molar-refractivity contribution >= 4 is 11.8 Å². The second-order valence-corrected chi connectivity index (χ2v) is 2.77. The molecule has 0 aromatic carbocycles. The van der Waals surface area contributed by atoms with Gasteiger partial charge in [-0.3, -0.25) is 4.98 Å². The van der Waals surface area contributed by atoms with Gasteiger partial charge in [-0.2, -0.15) is 0 Å². The smallest absolute Gasteiger partial charge is 0.0855 e. The summed E-state index contributed by atoms with van der Waals surface area (Å²) in [6.07, 6.45) is 6.75. The first kappa shape index (κ1) is 9.74. The summed E-state index contributed by atoms with van der Waals surface area (Å²) in [7, 11) is 1.93.